The van der Waals surface area contributed by atoms with E-state index >= 15 is 0 Å². The minimum absolute atomic E-state index is 0.0307. The zero-order valence-corrected chi connectivity index (χ0v) is 16.2. The van der Waals surface area contributed by atoms with Gasteiger partial charge in [0.15, 0.2) is 0 Å². The number of nitro groups is 1. The molecule has 0 saturated heterocycles. The average Bonchev–Trinajstić information content (AvgIpc) is 2.79. The lowest BCUT2D eigenvalue weighted by Gasteiger charge is -2.13. The van der Waals surface area contributed by atoms with E-state index in [0.717, 1.165) is 10.9 Å². The summed E-state index contributed by atoms with van der Waals surface area (Å²) >= 11 is 0. The standard InChI is InChI=1S/C24H17N3O4/c28-21(15-12-16-10-13-18(14-11-16)27(30)31)26-23-22(17-6-2-1-3-7-17)19-8-4-5-9-20(19)25-24(23)29/h1-15H,(H,25,29)(H,26,28)/b15-12+. The van der Waals surface area contributed by atoms with Crippen molar-refractivity contribution in [1.82, 2.24) is 4.98 Å². The van der Waals surface area contributed by atoms with Gasteiger partial charge in [0.2, 0.25) is 5.91 Å². The maximum absolute atomic E-state index is 12.8. The number of nitrogens with one attached hydrogen (secondary N) is 2. The van der Waals surface area contributed by atoms with E-state index in [2.05, 4.69) is 10.3 Å². The van der Waals surface area contributed by atoms with E-state index in [4.69, 9.17) is 0 Å². The largest absolute Gasteiger partial charge is 0.320 e. The van der Waals surface area contributed by atoms with E-state index < -0.39 is 16.4 Å². The Balaban J connectivity index is 1.69. The lowest BCUT2D eigenvalue weighted by molar-refractivity contribution is -0.384. The van der Waals surface area contributed by atoms with Crippen LogP contribution >= 0.6 is 0 Å². The predicted molar refractivity (Wildman–Crippen MR) is 121 cm³/mol. The molecule has 1 heterocycles. The topological polar surface area (TPSA) is 105 Å². The molecule has 0 aliphatic heterocycles. The van der Waals surface area contributed by atoms with Crippen molar-refractivity contribution in [3.63, 3.8) is 0 Å². The Morgan fingerprint density at radius 2 is 1.61 bits per heavy atom. The molecule has 4 rings (SSSR count). The Morgan fingerprint density at radius 3 is 2.32 bits per heavy atom. The number of benzene rings is 3. The molecule has 7 heteroatoms. The van der Waals surface area contributed by atoms with Gasteiger partial charge in [0.25, 0.3) is 11.2 Å². The third kappa shape index (κ3) is 4.25. The highest BCUT2D eigenvalue weighted by Gasteiger charge is 2.15. The number of hydrogen-bond donors (Lipinski definition) is 2. The molecular weight excluding hydrogens is 394 g/mol. The number of carbonyl (C=O) groups is 1. The van der Waals surface area contributed by atoms with Crippen molar-refractivity contribution >= 4 is 34.3 Å². The first-order valence-corrected chi connectivity index (χ1v) is 9.47. The number of nitrogens with zero attached hydrogens (tertiary/aromatic N) is 1. The van der Waals surface area contributed by atoms with Gasteiger partial charge in [-0.2, -0.15) is 0 Å². The number of nitro benzene ring substituents is 1. The summed E-state index contributed by atoms with van der Waals surface area (Å²) in [5.74, 6) is -0.490. The second kappa shape index (κ2) is 8.46. The van der Waals surface area contributed by atoms with Gasteiger partial charge in [-0.3, -0.25) is 19.7 Å². The molecule has 152 valence electrons. The third-order valence-corrected chi connectivity index (χ3v) is 4.76. The van der Waals surface area contributed by atoms with Crippen LogP contribution in [0.1, 0.15) is 5.56 Å². The summed E-state index contributed by atoms with van der Waals surface area (Å²) in [5, 5.41) is 14.2. The fourth-order valence-corrected chi connectivity index (χ4v) is 3.31. The highest BCUT2D eigenvalue weighted by molar-refractivity contribution is 6.08. The first-order valence-electron chi connectivity index (χ1n) is 9.47. The SMILES string of the molecule is O=C(/C=C/c1ccc([N+](=O)[O-])cc1)Nc1c(-c2ccccc2)c2ccccc2[nH]c1=O. The molecule has 0 aliphatic rings. The molecule has 3 aromatic carbocycles. The number of non-ortho nitro benzene ring substituents is 1. The molecule has 0 fully saturated rings. The lowest BCUT2D eigenvalue weighted by atomic mass is 9.99. The zero-order chi connectivity index (χ0) is 21.8. The highest BCUT2D eigenvalue weighted by Crippen LogP contribution is 2.32. The van der Waals surface area contributed by atoms with Gasteiger partial charge in [-0.15, -0.1) is 0 Å². The van der Waals surface area contributed by atoms with Gasteiger partial charge < -0.3 is 10.3 Å². The van der Waals surface area contributed by atoms with Gasteiger partial charge in [0.1, 0.15) is 5.69 Å². The fraction of sp³-hybridized carbons (Fsp3) is 0. The number of aromatic amines is 1. The van der Waals surface area contributed by atoms with Crippen molar-refractivity contribution in [1.29, 1.82) is 0 Å². The van der Waals surface area contributed by atoms with Crippen molar-refractivity contribution in [2.24, 2.45) is 0 Å². The fourth-order valence-electron chi connectivity index (χ4n) is 3.31. The van der Waals surface area contributed by atoms with E-state index in [9.17, 15) is 19.7 Å². The van der Waals surface area contributed by atoms with Crippen LogP contribution < -0.4 is 10.9 Å². The minimum atomic E-state index is -0.490. The van der Waals surface area contributed by atoms with Crippen molar-refractivity contribution in [2.75, 3.05) is 5.32 Å². The van der Waals surface area contributed by atoms with Crippen molar-refractivity contribution in [2.45, 2.75) is 0 Å². The molecule has 4 aromatic rings. The van der Waals surface area contributed by atoms with Crippen LogP contribution in [0, 0.1) is 10.1 Å². The van der Waals surface area contributed by atoms with Gasteiger partial charge in [-0.05, 0) is 35.4 Å². The summed E-state index contributed by atoms with van der Waals surface area (Å²) in [6.07, 6.45) is 2.81. The second-order valence-electron chi connectivity index (χ2n) is 6.79. The quantitative estimate of drug-likeness (QED) is 0.281. The minimum Gasteiger partial charge on any atom is -0.320 e. The Hall–Kier alpha value is -4.52. The van der Waals surface area contributed by atoms with Crippen LogP contribution in [0.3, 0.4) is 0 Å². The Labute approximate surface area is 176 Å². The van der Waals surface area contributed by atoms with E-state index in [1.165, 1.54) is 24.3 Å². The van der Waals surface area contributed by atoms with Gasteiger partial charge in [0.05, 0.1) is 4.92 Å². The van der Waals surface area contributed by atoms with Crippen LogP contribution in [0.5, 0.6) is 0 Å². The maximum Gasteiger partial charge on any atom is 0.272 e. The molecule has 7 nitrogen and oxygen atoms in total. The molecule has 0 unspecified atom stereocenters. The summed E-state index contributed by atoms with van der Waals surface area (Å²) in [4.78, 5) is 38.4. The molecule has 0 spiro atoms. The number of aromatic nitrogens is 1. The summed E-state index contributed by atoms with van der Waals surface area (Å²) in [6, 6.07) is 22.6. The maximum atomic E-state index is 12.8. The molecule has 2 N–H and O–H groups in total. The van der Waals surface area contributed by atoms with Gasteiger partial charge in [-0.25, -0.2) is 0 Å². The monoisotopic (exact) mass is 411 g/mol. The molecule has 1 amide bonds. The molecule has 0 bridgehead atoms. The molecule has 0 atom stereocenters. The molecule has 0 radical (unpaired) electrons. The number of rotatable bonds is 5. The van der Waals surface area contributed by atoms with Crippen LogP contribution in [-0.2, 0) is 4.79 Å². The summed E-state index contributed by atoms with van der Waals surface area (Å²) in [5.41, 5.74) is 2.45. The lowest BCUT2D eigenvalue weighted by Crippen LogP contribution is -2.19. The number of H-pyrrole nitrogens is 1. The first kappa shape index (κ1) is 19.8. The first-order chi connectivity index (χ1) is 15.0. The number of anilines is 1. The van der Waals surface area contributed by atoms with Crippen molar-refractivity contribution in [3.05, 3.63) is 111 Å². The third-order valence-electron chi connectivity index (χ3n) is 4.76. The number of amides is 1. The number of hydrogen-bond acceptors (Lipinski definition) is 4. The molecule has 0 saturated carbocycles. The van der Waals surface area contributed by atoms with E-state index in [1.807, 2.05) is 54.6 Å². The molecule has 0 aliphatic carbocycles. The van der Waals surface area contributed by atoms with E-state index in [-0.39, 0.29) is 11.4 Å². The number of pyridine rings is 1. The molecule has 31 heavy (non-hydrogen) atoms. The molecular formula is C24H17N3O4. The van der Waals surface area contributed by atoms with Crippen LogP contribution in [0.4, 0.5) is 11.4 Å². The Kier molecular flexibility index (Phi) is 5.40. The average molecular weight is 411 g/mol. The number of para-hydroxylation sites is 1. The summed E-state index contributed by atoms with van der Waals surface area (Å²) in [7, 11) is 0. The zero-order valence-electron chi connectivity index (χ0n) is 16.2. The summed E-state index contributed by atoms with van der Waals surface area (Å²) < 4.78 is 0. The van der Waals surface area contributed by atoms with Gasteiger partial charge in [0, 0.05) is 34.7 Å². The normalized spacial score (nSPS) is 11.0. The van der Waals surface area contributed by atoms with E-state index in [0.29, 0.717) is 16.6 Å². The summed E-state index contributed by atoms with van der Waals surface area (Å²) in [6.45, 7) is 0. The van der Waals surface area contributed by atoms with E-state index in [1.54, 1.807) is 12.1 Å². The van der Waals surface area contributed by atoms with Crippen LogP contribution in [0.2, 0.25) is 0 Å². The smallest absolute Gasteiger partial charge is 0.272 e. The van der Waals surface area contributed by atoms with Crippen LogP contribution in [0.25, 0.3) is 28.1 Å². The van der Waals surface area contributed by atoms with Crippen LogP contribution in [0.15, 0.2) is 89.7 Å². The van der Waals surface area contributed by atoms with Gasteiger partial charge >= 0.3 is 0 Å². The molecule has 1 aromatic heterocycles. The second-order valence-corrected chi connectivity index (χ2v) is 6.79. The predicted octanol–water partition coefficient (Wildman–Crippen LogP) is 4.76. The number of fused-ring (bicyclic) bond motifs is 1. The van der Waals surface area contributed by atoms with Gasteiger partial charge in [-0.1, -0.05) is 48.5 Å². The van der Waals surface area contributed by atoms with Crippen molar-refractivity contribution in [3.8, 4) is 11.1 Å². The van der Waals surface area contributed by atoms with Crippen LogP contribution in [-0.4, -0.2) is 15.8 Å². The highest BCUT2D eigenvalue weighted by atomic mass is 16.6. The number of carbonyl (C=O) groups excluding carboxylic acids is 1. The Morgan fingerprint density at radius 1 is 0.935 bits per heavy atom. The Bertz CT molecular complexity index is 1360. The van der Waals surface area contributed by atoms with Crippen molar-refractivity contribution < 1.29 is 9.72 Å².